The quantitative estimate of drug-likeness (QED) is 0.764. The second kappa shape index (κ2) is 6.15. The maximum absolute atomic E-state index is 5.95. The maximum atomic E-state index is 5.95. The molecule has 1 saturated heterocycles. The summed E-state index contributed by atoms with van der Waals surface area (Å²) >= 11 is 5.69. The largest absolute Gasteiger partial charge is 0.488 e. The van der Waals surface area contributed by atoms with Gasteiger partial charge in [-0.2, -0.15) is 0 Å². The van der Waals surface area contributed by atoms with Gasteiger partial charge >= 0.3 is 0 Å². The van der Waals surface area contributed by atoms with Crippen molar-refractivity contribution in [2.45, 2.75) is 38.7 Å². The molecule has 0 spiro atoms. The first-order valence-corrected chi connectivity index (χ1v) is 7.58. The molecule has 1 aromatic carbocycles. The molecule has 0 aromatic heterocycles. The lowest BCUT2D eigenvalue weighted by Gasteiger charge is -2.39. The third kappa shape index (κ3) is 4.12. The normalized spacial score (nSPS) is 17.3. The third-order valence-corrected chi connectivity index (χ3v) is 3.82. The van der Waals surface area contributed by atoms with Crippen LogP contribution in [0, 0.1) is 0 Å². The molecule has 2 rings (SSSR count). The minimum absolute atomic E-state index is 0.202. The van der Waals surface area contributed by atoms with E-state index in [-0.39, 0.29) is 5.41 Å². The lowest BCUT2D eigenvalue weighted by molar-refractivity contribution is 0.0204. The lowest BCUT2D eigenvalue weighted by Crippen LogP contribution is -2.53. The molecule has 3 heteroatoms. The number of alkyl halides is 1. The first kappa shape index (κ1) is 14.7. The highest BCUT2D eigenvalue weighted by atomic mass is 35.5. The Kier molecular flexibility index (Phi) is 4.75. The van der Waals surface area contributed by atoms with Crippen LogP contribution in [0.5, 0.6) is 5.75 Å². The van der Waals surface area contributed by atoms with Crippen molar-refractivity contribution in [3.8, 4) is 5.75 Å². The van der Waals surface area contributed by atoms with E-state index in [1.807, 2.05) is 0 Å². The molecule has 106 valence electrons. The molecule has 0 bridgehead atoms. The van der Waals surface area contributed by atoms with E-state index in [0.29, 0.717) is 6.10 Å². The van der Waals surface area contributed by atoms with E-state index in [1.54, 1.807) is 0 Å². The summed E-state index contributed by atoms with van der Waals surface area (Å²) in [4.78, 5) is 2.39. The fraction of sp³-hybridized carbons (Fsp3) is 0.625. The summed E-state index contributed by atoms with van der Waals surface area (Å²) in [6, 6.07) is 8.50. The van der Waals surface area contributed by atoms with Gasteiger partial charge in [0.05, 0.1) is 0 Å². The molecule has 0 radical (unpaired) electrons. The second-order valence-electron chi connectivity index (χ2n) is 6.32. The van der Waals surface area contributed by atoms with E-state index in [9.17, 15) is 0 Å². The molecule has 0 N–H and O–H groups in total. The number of benzene rings is 1. The molecule has 1 aromatic rings. The van der Waals surface area contributed by atoms with Crippen molar-refractivity contribution in [2.75, 3.05) is 25.5 Å². The summed E-state index contributed by atoms with van der Waals surface area (Å²) < 4.78 is 5.95. The van der Waals surface area contributed by atoms with Crippen LogP contribution in [0.2, 0.25) is 0 Å². The van der Waals surface area contributed by atoms with E-state index >= 15 is 0 Å². The number of halogens is 1. The van der Waals surface area contributed by atoms with Crippen molar-refractivity contribution in [1.29, 1.82) is 0 Å². The van der Waals surface area contributed by atoms with Gasteiger partial charge in [0.25, 0.3) is 0 Å². The van der Waals surface area contributed by atoms with Gasteiger partial charge in [0.2, 0.25) is 0 Å². The minimum Gasteiger partial charge on any atom is -0.488 e. The van der Waals surface area contributed by atoms with Crippen molar-refractivity contribution in [2.24, 2.45) is 0 Å². The van der Waals surface area contributed by atoms with Crippen LogP contribution >= 0.6 is 11.6 Å². The zero-order valence-corrected chi connectivity index (χ0v) is 12.9. The van der Waals surface area contributed by atoms with Crippen molar-refractivity contribution in [3.63, 3.8) is 0 Å². The topological polar surface area (TPSA) is 12.5 Å². The van der Waals surface area contributed by atoms with E-state index in [1.165, 1.54) is 5.56 Å². The Balaban J connectivity index is 1.79. The Labute approximate surface area is 121 Å². The number of nitrogens with zero attached hydrogens (tertiary/aromatic N) is 1. The van der Waals surface area contributed by atoms with Crippen molar-refractivity contribution >= 4 is 11.6 Å². The third-order valence-electron chi connectivity index (χ3n) is 3.55. The molecule has 1 aliphatic rings. The van der Waals surface area contributed by atoms with Crippen LogP contribution in [0.4, 0.5) is 0 Å². The number of hydrogen-bond acceptors (Lipinski definition) is 2. The summed E-state index contributed by atoms with van der Waals surface area (Å²) in [5.41, 5.74) is 1.55. The van der Waals surface area contributed by atoms with Gasteiger partial charge in [0.15, 0.2) is 0 Å². The second-order valence-corrected chi connectivity index (χ2v) is 6.69. The molecule has 0 unspecified atom stereocenters. The van der Waals surface area contributed by atoms with Gasteiger partial charge in [0.1, 0.15) is 11.9 Å². The van der Waals surface area contributed by atoms with Gasteiger partial charge in [-0.1, -0.05) is 32.9 Å². The zero-order valence-electron chi connectivity index (χ0n) is 12.2. The smallest absolute Gasteiger partial charge is 0.124 e. The van der Waals surface area contributed by atoms with Crippen molar-refractivity contribution < 1.29 is 4.74 Å². The number of rotatable bonds is 5. The summed E-state index contributed by atoms with van der Waals surface area (Å²) in [5.74, 6) is 1.73. The van der Waals surface area contributed by atoms with Crippen LogP contribution < -0.4 is 4.74 Å². The summed E-state index contributed by atoms with van der Waals surface area (Å²) in [5, 5.41) is 0. The Morgan fingerprint density at radius 1 is 1.21 bits per heavy atom. The Morgan fingerprint density at radius 3 is 2.37 bits per heavy atom. The number of likely N-dealkylation sites (tertiary alicyclic amines) is 1. The summed E-state index contributed by atoms with van der Waals surface area (Å²) in [7, 11) is 0. The molecule has 19 heavy (non-hydrogen) atoms. The fourth-order valence-corrected chi connectivity index (χ4v) is 2.41. The molecule has 0 saturated carbocycles. The Bertz CT molecular complexity index is 390. The molecule has 0 amide bonds. The monoisotopic (exact) mass is 281 g/mol. The molecule has 1 aliphatic heterocycles. The van der Waals surface area contributed by atoms with Crippen LogP contribution in [0.1, 0.15) is 32.8 Å². The Hall–Kier alpha value is -0.730. The van der Waals surface area contributed by atoms with Crippen LogP contribution in [-0.2, 0) is 5.41 Å². The molecular weight excluding hydrogens is 258 g/mol. The molecule has 0 aliphatic carbocycles. The number of ether oxygens (including phenoxy) is 1. The van der Waals surface area contributed by atoms with Crippen LogP contribution in [0.3, 0.4) is 0 Å². The van der Waals surface area contributed by atoms with Crippen LogP contribution in [0.25, 0.3) is 0 Å². The SMILES string of the molecule is CC(C)(C)c1ccc(OC2CN(CCCCl)C2)cc1. The van der Waals surface area contributed by atoms with Gasteiger partial charge in [-0.15, -0.1) is 11.6 Å². The van der Waals surface area contributed by atoms with E-state index in [2.05, 4.69) is 49.9 Å². The minimum atomic E-state index is 0.202. The van der Waals surface area contributed by atoms with Gasteiger partial charge in [-0.25, -0.2) is 0 Å². The van der Waals surface area contributed by atoms with E-state index in [0.717, 1.165) is 37.7 Å². The first-order chi connectivity index (χ1) is 8.99. The molecule has 0 atom stereocenters. The predicted molar refractivity (Wildman–Crippen MR) is 81.3 cm³/mol. The zero-order chi connectivity index (χ0) is 13.9. The van der Waals surface area contributed by atoms with Gasteiger partial charge in [-0.05, 0) is 36.1 Å². The van der Waals surface area contributed by atoms with Gasteiger partial charge in [-0.3, -0.25) is 4.90 Å². The van der Waals surface area contributed by atoms with Crippen LogP contribution in [-0.4, -0.2) is 36.5 Å². The highest BCUT2D eigenvalue weighted by Crippen LogP contribution is 2.25. The van der Waals surface area contributed by atoms with Gasteiger partial charge < -0.3 is 4.74 Å². The summed E-state index contributed by atoms with van der Waals surface area (Å²) in [6.07, 6.45) is 1.41. The van der Waals surface area contributed by atoms with Crippen molar-refractivity contribution in [1.82, 2.24) is 4.90 Å². The molecule has 2 nitrogen and oxygen atoms in total. The molecule has 1 heterocycles. The van der Waals surface area contributed by atoms with Gasteiger partial charge in [0, 0.05) is 19.0 Å². The predicted octanol–water partition coefficient (Wildman–Crippen LogP) is 3.68. The Morgan fingerprint density at radius 2 is 1.84 bits per heavy atom. The summed E-state index contributed by atoms with van der Waals surface area (Å²) in [6.45, 7) is 9.82. The van der Waals surface area contributed by atoms with E-state index < -0.39 is 0 Å². The number of hydrogen-bond donors (Lipinski definition) is 0. The molecular formula is C16H24ClNO. The molecule has 1 fully saturated rings. The average Bonchev–Trinajstić information content (AvgIpc) is 2.31. The first-order valence-electron chi connectivity index (χ1n) is 7.04. The lowest BCUT2D eigenvalue weighted by atomic mass is 9.87. The average molecular weight is 282 g/mol. The highest BCUT2D eigenvalue weighted by molar-refractivity contribution is 6.17. The van der Waals surface area contributed by atoms with Crippen LogP contribution in [0.15, 0.2) is 24.3 Å². The highest BCUT2D eigenvalue weighted by Gasteiger charge is 2.27. The van der Waals surface area contributed by atoms with E-state index in [4.69, 9.17) is 16.3 Å². The van der Waals surface area contributed by atoms with Crippen molar-refractivity contribution in [3.05, 3.63) is 29.8 Å². The fourth-order valence-electron chi connectivity index (χ4n) is 2.29. The maximum Gasteiger partial charge on any atom is 0.124 e. The standard InChI is InChI=1S/C16H24ClNO/c1-16(2,3)13-5-7-14(8-6-13)19-15-11-18(12-15)10-4-9-17/h5-8,15H,4,9-12H2,1-3H3.